The summed E-state index contributed by atoms with van der Waals surface area (Å²) in [5, 5.41) is 4.28. The Kier molecular flexibility index (Phi) is 6.61. The van der Waals surface area contributed by atoms with Crippen molar-refractivity contribution in [3.63, 3.8) is 0 Å². The lowest BCUT2D eigenvalue weighted by molar-refractivity contribution is -0.140. The number of nitrogens with one attached hydrogen (secondary N) is 2. The molecule has 0 radical (unpaired) electrons. The van der Waals surface area contributed by atoms with E-state index < -0.39 is 0 Å². The maximum atomic E-state index is 11.6. The van der Waals surface area contributed by atoms with Crippen LogP contribution in [-0.4, -0.2) is 18.6 Å². The molecule has 1 aliphatic carbocycles. The fourth-order valence-corrected chi connectivity index (χ4v) is 2.71. The van der Waals surface area contributed by atoms with Gasteiger partial charge in [0.25, 0.3) is 0 Å². The molecule has 4 nitrogen and oxygen atoms in total. The number of anilines is 1. The molecule has 0 amide bonds. The number of benzene rings is 1. The predicted octanol–water partition coefficient (Wildman–Crippen LogP) is 4.18. The van der Waals surface area contributed by atoms with E-state index in [9.17, 15) is 4.79 Å². The van der Waals surface area contributed by atoms with Gasteiger partial charge in [-0.15, -0.1) is 0 Å². The third-order valence-electron chi connectivity index (χ3n) is 3.57. The molecule has 0 saturated heterocycles. The molecule has 1 fully saturated rings. The van der Waals surface area contributed by atoms with E-state index >= 15 is 0 Å². The monoisotopic (exact) mass is 330 g/mol. The standard InChI is InChI=1S/C15H20Cl2N2O2/c16-13-7-6-12(10-14(13)17)19-21-15(20)8-9-18-11-4-2-1-3-5-11/h6-7,10-11,18-19H,1-5,8-9H2. The molecule has 2 rings (SSSR count). The van der Waals surface area contributed by atoms with E-state index in [0.717, 1.165) is 0 Å². The second-order valence-electron chi connectivity index (χ2n) is 5.24. The molecule has 0 heterocycles. The molecule has 1 aliphatic rings. The molecule has 1 saturated carbocycles. The average molecular weight is 331 g/mol. The fourth-order valence-electron chi connectivity index (χ4n) is 2.41. The van der Waals surface area contributed by atoms with Gasteiger partial charge in [0, 0.05) is 12.6 Å². The predicted molar refractivity (Wildman–Crippen MR) is 85.7 cm³/mol. The lowest BCUT2D eigenvalue weighted by Crippen LogP contribution is -2.33. The number of rotatable bonds is 6. The largest absolute Gasteiger partial charge is 0.343 e. The van der Waals surface area contributed by atoms with Crippen LogP contribution in [0.15, 0.2) is 18.2 Å². The molecule has 0 atom stereocenters. The molecule has 0 aliphatic heterocycles. The topological polar surface area (TPSA) is 50.4 Å². The SMILES string of the molecule is O=C(CCNC1CCCCC1)ONc1ccc(Cl)c(Cl)c1. The van der Waals surface area contributed by atoms with Crippen LogP contribution in [0.2, 0.25) is 10.0 Å². The van der Waals surface area contributed by atoms with E-state index in [4.69, 9.17) is 28.0 Å². The van der Waals surface area contributed by atoms with Crippen LogP contribution < -0.4 is 10.8 Å². The first-order valence-corrected chi connectivity index (χ1v) is 8.05. The molecule has 21 heavy (non-hydrogen) atoms. The minimum atomic E-state index is -0.301. The highest BCUT2D eigenvalue weighted by atomic mass is 35.5. The van der Waals surface area contributed by atoms with Crippen LogP contribution in [0.3, 0.4) is 0 Å². The highest BCUT2D eigenvalue weighted by Crippen LogP contribution is 2.25. The summed E-state index contributed by atoms with van der Waals surface area (Å²) in [5.74, 6) is -0.301. The summed E-state index contributed by atoms with van der Waals surface area (Å²) in [6.07, 6.45) is 6.63. The number of hydrogen-bond donors (Lipinski definition) is 2. The van der Waals surface area contributed by atoms with Gasteiger partial charge in [-0.1, -0.05) is 42.5 Å². The molecule has 0 unspecified atom stereocenters. The smallest absolute Gasteiger partial charge is 0.333 e. The number of halogens is 2. The van der Waals surface area contributed by atoms with Crippen LogP contribution in [-0.2, 0) is 9.63 Å². The molecule has 1 aromatic carbocycles. The first-order chi connectivity index (χ1) is 10.1. The van der Waals surface area contributed by atoms with Crippen molar-refractivity contribution in [2.45, 2.75) is 44.6 Å². The van der Waals surface area contributed by atoms with Gasteiger partial charge in [0.1, 0.15) is 0 Å². The van der Waals surface area contributed by atoms with E-state index in [-0.39, 0.29) is 5.97 Å². The van der Waals surface area contributed by atoms with Gasteiger partial charge >= 0.3 is 5.97 Å². The number of carbonyl (C=O) groups is 1. The highest BCUT2D eigenvalue weighted by molar-refractivity contribution is 6.42. The summed E-state index contributed by atoms with van der Waals surface area (Å²) in [6.45, 7) is 0.645. The summed E-state index contributed by atoms with van der Waals surface area (Å²) in [7, 11) is 0. The molecule has 0 bridgehead atoms. The van der Waals surface area contributed by atoms with E-state index in [1.807, 2.05) is 0 Å². The summed E-state index contributed by atoms with van der Waals surface area (Å²) < 4.78 is 0. The zero-order valence-corrected chi connectivity index (χ0v) is 13.3. The van der Waals surface area contributed by atoms with Crippen LogP contribution in [0.4, 0.5) is 5.69 Å². The molecule has 1 aromatic rings. The van der Waals surface area contributed by atoms with Gasteiger partial charge in [-0.2, -0.15) is 0 Å². The Morgan fingerprint density at radius 1 is 1.19 bits per heavy atom. The normalized spacial score (nSPS) is 15.7. The molecular formula is C15H20Cl2N2O2. The lowest BCUT2D eigenvalue weighted by Gasteiger charge is -2.22. The van der Waals surface area contributed by atoms with Crippen molar-refractivity contribution in [3.05, 3.63) is 28.2 Å². The Labute approximate surface area is 135 Å². The summed E-state index contributed by atoms with van der Waals surface area (Å²) >= 11 is 11.7. The van der Waals surface area contributed by atoms with Crippen LogP contribution in [0.25, 0.3) is 0 Å². The third-order valence-corrected chi connectivity index (χ3v) is 4.31. The summed E-state index contributed by atoms with van der Waals surface area (Å²) in [4.78, 5) is 16.6. The Balaban J connectivity index is 1.63. The van der Waals surface area contributed by atoms with E-state index in [2.05, 4.69) is 10.8 Å². The average Bonchev–Trinajstić information content (AvgIpc) is 2.49. The van der Waals surface area contributed by atoms with Crippen LogP contribution in [0.1, 0.15) is 38.5 Å². The maximum absolute atomic E-state index is 11.6. The quantitative estimate of drug-likeness (QED) is 0.768. The minimum absolute atomic E-state index is 0.301. The highest BCUT2D eigenvalue weighted by Gasteiger charge is 2.13. The lowest BCUT2D eigenvalue weighted by atomic mass is 9.95. The van der Waals surface area contributed by atoms with Gasteiger partial charge in [0.15, 0.2) is 0 Å². The number of carbonyl (C=O) groups excluding carboxylic acids is 1. The van der Waals surface area contributed by atoms with Gasteiger partial charge < -0.3 is 10.2 Å². The Hall–Kier alpha value is -0.970. The molecule has 116 valence electrons. The zero-order chi connectivity index (χ0) is 15.1. The number of hydrogen-bond acceptors (Lipinski definition) is 4. The zero-order valence-electron chi connectivity index (χ0n) is 11.8. The van der Waals surface area contributed by atoms with Crippen molar-refractivity contribution in [1.82, 2.24) is 5.32 Å². The van der Waals surface area contributed by atoms with Gasteiger partial charge in [0.2, 0.25) is 0 Å². The second-order valence-corrected chi connectivity index (χ2v) is 6.06. The van der Waals surface area contributed by atoms with Crippen molar-refractivity contribution < 1.29 is 9.63 Å². The Morgan fingerprint density at radius 3 is 2.67 bits per heavy atom. The maximum Gasteiger partial charge on any atom is 0.333 e. The van der Waals surface area contributed by atoms with Crippen molar-refractivity contribution in [2.75, 3.05) is 12.0 Å². The van der Waals surface area contributed by atoms with Crippen molar-refractivity contribution in [1.29, 1.82) is 0 Å². The van der Waals surface area contributed by atoms with Gasteiger partial charge in [0.05, 0.1) is 22.2 Å². The van der Waals surface area contributed by atoms with E-state index in [1.54, 1.807) is 18.2 Å². The van der Waals surface area contributed by atoms with Crippen LogP contribution in [0, 0.1) is 0 Å². The van der Waals surface area contributed by atoms with Gasteiger partial charge in [-0.25, -0.2) is 10.3 Å². The Morgan fingerprint density at radius 2 is 1.95 bits per heavy atom. The molecular weight excluding hydrogens is 311 g/mol. The third kappa shape index (κ3) is 5.73. The fraction of sp³-hybridized carbons (Fsp3) is 0.533. The van der Waals surface area contributed by atoms with Crippen molar-refractivity contribution in [3.8, 4) is 0 Å². The molecule has 6 heteroatoms. The molecule has 0 aromatic heterocycles. The summed E-state index contributed by atoms with van der Waals surface area (Å²) in [6, 6.07) is 5.50. The molecule has 2 N–H and O–H groups in total. The first-order valence-electron chi connectivity index (χ1n) is 7.29. The Bertz CT molecular complexity index is 477. The molecule has 0 spiro atoms. The minimum Gasteiger partial charge on any atom is -0.343 e. The van der Waals surface area contributed by atoms with E-state index in [1.165, 1.54) is 32.1 Å². The van der Waals surface area contributed by atoms with Crippen molar-refractivity contribution >= 4 is 34.9 Å². The first kappa shape index (κ1) is 16.4. The van der Waals surface area contributed by atoms with E-state index in [0.29, 0.717) is 34.7 Å². The van der Waals surface area contributed by atoms with Crippen molar-refractivity contribution in [2.24, 2.45) is 0 Å². The van der Waals surface area contributed by atoms with Crippen LogP contribution >= 0.6 is 23.2 Å². The van der Waals surface area contributed by atoms with Gasteiger partial charge in [-0.3, -0.25) is 0 Å². The van der Waals surface area contributed by atoms with Crippen LogP contribution in [0.5, 0.6) is 0 Å². The second kappa shape index (κ2) is 8.47. The van der Waals surface area contributed by atoms with Gasteiger partial charge in [-0.05, 0) is 31.0 Å². The summed E-state index contributed by atoms with van der Waals surface area (Å²) in [5.41, 5.74) is 3.18.